The van der Waals surface area contributed by atoms with Crippen molar-refractivity contribution in [1.82, 2.24) is 0 Å². The van der Waals surface area contributed by atoms with Gasteiger partial charge < -0.3 is 10.2 Å². The van der Waals surface area contributed by atoms with E-state index in [-0.39, 0.29) is 23.9 Å². The average molecular weight is 310 g/mol. The number of hydrogen-bond donors (Lipinski definition) is 2. The van der Waals surface area contributed by atoms with Crippen LogP contribution in [-0.2, 0) is 4.79 Å². The van der Waals surface area contributed by atoms with Crippen LogP contribution in [0.2, 0.25) is 0 Å². The smallest absolute Gasteiger partial charge is 0.306 e. The van der Waals surface area contributed by atoms with Crippen LogP contribution in [0.4, 0.5) is 0 Å². The van der Waals surface area contributed by atoms with Crippen molar-refractivity contribution in [3.05, 3.63) is 0 Å². The summed E-state index contributed by atoms with van der Waals surface area (Å²) in [6.07, 6.45) is 8.04. The van der Waals surface area contributed by atoms with Gasteiger partial charge in [-0.25, -0.2) is 0 Å². The molecule has 2 saturated carbocycles. The topological polar surface area (TPSA) is 57.5 Å². The Morgan fingerprint density at radius 2 is 1.91 bits per heavy atom. The Morgan fingerprint density at radius 3 is 2.55 bits per heavy atom. The van der Waals surface area contributed by atoms with Crippen LogP contribution in [0.15, 0.2) is 0 Å². The highest BCUT2D eigenvalue weighted by atomic mass is 16.4. The molecule has 2 fully saturated rings. The first-order valence-corrected chi connectivity index (χ1v) is 9.36. The third-order valence-electron chi connectivity index (χ3n) is 6.33. The molecule has 2 N–H and O–H groups in total. The fourth-order valence-electron chi connectivity index (χ4n) is 5.34. The Hall–Kier alpha value is -0.570. The molecule has 3 nitrogen and oxygen atoms in total. The molecule has 0 spiro atoms. The highest BCUT2D eigenvalue weighted by molar-refractivity contribution is 5.70. The van der Waals surface area contributed by atoms with Gasteiger partial charge in [-0.2, -0.15) is 0 Å². The van der Waals surface area contributed by atoms with E-state index in [1.165, 1.54) is 12.8 Å². The van der Waals surface area contributed by atoms with Crippen molar-refractivity contribution >= 4 is 5.97 Å². The number of aliphatic carboxylic acids is 1. The van der Waals surface area contributed by atoms with E-state index in [0.29, 0.717) is 17.8 Å². The summed E-state index contributed by atoms with van der Waals surface area (Å²) in [4.78, 5) is 11.9. The molecule has 0 aromatic rings. The predicted octanol–water partition coefficient (Wildman–Crippen LogP) is 4.34. The number of aliphatic hydroxyl groups is 1. The molecule has 2 aliphatic rings. The van der Waals surface area contributed by atoms with Crippen LogP contribution in [0.3, 0.4) is 0 Å². The number of aliphatic hydroxyl groups excluding tert-OH is 1. The second kappa shape index (κ2) is 7.81. The summed E-state index contributed by atoms with van der Waals surface area (Å²) in [5.74, 6) is 1.00. The van der Waals surface area contributed by atoms with Crippen LogP contribution in [0.25, 0.3) is 0 Å². The molecular formula is C19H34O3. The minimum absolute atomic E-state index is 0.163. The van der Waals surface area contributed by atoms with E-state index in [1.807, 2.05) is 0 Å². The lowest BCUT2D eigenvalue weighted by atomic mass is 9.55. The minimum atomic E-state index is -0.639. The molecule has 0 amide bonds. The van der Waals surface area contributed by atoms with Crippen molar-refractivity contribution < 1.29 is 15.0 Å². The lowest BCUT2D eigenvalue weighted by molar-refractivity contribution is -0.151. The van der Waals surface area contributed by atoms with Crippen molar-refractivity contribution in [2.45, 2.75) is 78.2 Å². The number of carboxylic acids is 1. The third kappa shape index (κ3) is 3.84. The second-order valence-electron chi connectivity index (χ2n) is 8.05. The van der Waals surface area contributed by atoms with Crippen molar-refractivity contribution in [1.29, 1.82) is 0 Å². The van der Waals surface area contributed by atoms with Gasteiger partial charge in [-0.1, -0.05) is 46.5 Å². The van der Waals surface area contributed by atoms with Gasteiger partial charge in [0.15, 0.2) is 0 Å². The van der Waals surface area contributed by atoms with E-state index in [0.717, 1.165) is 38.5 Å². The maximum atomic E-state index is 11.9. The highest BCUT2D eigenvalue weighted by Gasteiger charge is 2.48. The molecule has 2 aliphatic carbocycles. The predicted molar refractivity (Wildman–Crippen MR) is 88.5 cm³/mol. The normalized spacial score (nSPS) is 40.0. The molecule has 0 aromatic heterocycles. The van der Waals surface area contributed by atoms with Gasteiger partial charge in [0.25, 0.3) is 0 Å². The summed E-state index contributed by atoms with van der Waals surface area (Å²) < 4.78 is 0. The molecule has 0 heterocycles. The molecule has 2 rings (SSSR count). The van der Waals surface area contributed by atoms with Crippen molar-refractivity contribution in [3.8, 4) is 0 Å². The lowest BCUT2D eigenvalue weighted by Gasteiger charge is -2.50. The summed E-state index contributed by atoms with van der Waals surface area (Å²) in [6.45, 7) is 6.59. The number of unbranched alkanes of at least 4 members (excludes halogenated alkanes) is 2. The summed E-state index contributed by atoms with van der Waals surface area (Å²) in [5.41, 5.74) is 0. The van der Waals surface area contributed by atoms with Crippen molar-refractivity contribution in [2.24, 2.45) is 35.5 Å². The molecule has 7 atom stereocenters. The molecule has 0 radical (unpaired) electrons. The molecule has 0 aromatic carbocycles. The molecule has 128 valence electrons. The molecule has 3 unspecified atom stereocenters. The van der Waals surface area contributed by atoms with E-state index in [2.05, 4.69) is 20.8 Å². The van der Waals surface area contributed by atoms with Gasteiger partial charge >= 0.3 is 5.97 Å². The zero-order valence-electron chi connectivity index (χ0n) is 14.5. The Bertz CT molecular complexity index is 368. The minimum Gasteiger partial charge on any atom is -0.481 e. The SMILES string of the molecule is CCCCC[C@H](C(=O)O)[C@H]1C(C)CCC2C[C@H](C)C[C@H](O)C21. The molecule has 0 saturated heterocycles. The van der Waals surface area contributed by atoms with Gasteiger partial charge in [0.05, 0.1) is 12.0 Å². The van der Waals surface area contributed by atoms with E-state index < -0.39 is 5.97 Å². The summed E-state index contributed by atoms with van der Waals surface area (Å²) in [7, 11) is 0. The van der Waals surface area contributed by atoms with Crippen LogP contribution in [-0.4, -0.2) is 22.3 Å². The zero-order chi connectivity index (χ0) is 16.3. The van der Waals surface area contributed by atoms with Crippen LogP contribution in [0, 0.1) is 35.5 Å². The van der Waals surface area contributed by atoms with Gasteiger partial charge in [0.2, 0.25) is 0 Å². The van der Waals surface area contributed by atoms with Gasteiger partial charge in [-0.3, -0.25) is 4.79 Å². The van der Waals surface area contributed by atoms with Gasteiger partial charge in [-0.15, -0.1) is 0 Å². The molecular weight excluding hydrogens is 276 g/mol. The summed E-state index contributed by atoms with van der Waals surface area (Å²) in [6, 6.07) is 0. The molecule has 3 heteroatoms. The number of carbonyl (C=O) groups is 1. The van der Waals surface area contributed by atoms with Crippen LogP contribution in [0.1, 0.15) is 72.1 Å². The lowest BCUT2D eigenvalue weighted by Crippen LogP contribution is -2.49. The molecule has 0 aliphatic heterocycles. The second-order valence-corrected chi connectivity index (χ2v) is 8.05. The number of fused-ring (bicyclic) bond motifs is 1. The first kappa shape index (κ1) is 17.8. The van der Waals surface area contributed by atoms with Gasteiger partial charge in [-0.05, 0) is 55.3 Å². The summed E-state index contributed by atoms with van der Waals surface area (Å²) in [5, 5.41) is 20.5. The third-order valence-corrected chi connectivity index (χ3v) is 6.33. The van der Waals surface area contributed by atoms with Gasteiger partial charge in [0.1, 0.15) is 0 Å². The number of hydrogen-bond acceptors (Lipinski definition) is 2. The average Bonchev–Trinajstić information content (AvgIpc) is 2.44. The quantitative estimate of drug-likeness (QED) is 0.718. The first-order valence-electron chi connectivity index (χ1n) is 9.36. The number of rotatable bonds is 6. The highest BCUT2D eigenvalue weighted by Crippen LogP contribution is 2.51. The maximum Gasteiger partial charge on any atom is 0.306 e. The van der Waals surface area contributed by atoms with E-state index in [9.17, 15) is 15.0 Å². The van der Waals surface area contributed by atoms with Crippen molar-refractivity contribution in [3.63, 3.8) is 0 Å². The summed E-state index contributed by atoms with van der Waals surface area (Å²) >= 11 is 0. The van der Waals surface area contributed by atoms with E-state index in [4.69, 9.17) is 0 Å². The van der Waals surface area contributed by atoms with Crippen molar-refractivity contribution in [2.75, 3.05) is 0 Å². The standard InChI is InChI=1S/C19H34O3/c1-4-5-6-7-15(19(21)22)17-13(3)8-9-14-10-12(2)11-16(20)18(14)17/h12-18,20H,4-11H2,1-3H3,(H,21,22)/t12-,13?,14?,15-,16-,17+,18?/m0/s1. The maximum absolute atomic E-state index is 11.9. The van der Waals surface area contributed by atoms with E-state index >= 15 is 0 Å². The fraction of sp³-hybridized carbons (Fsp3) is 0.947. The fourth-order valence-corrected chi connectivity index (χ4v) is 5.34. The monoisotopic (exact) mass is 310 g/mol. The number of carboxylic acid groups (broad SMARTS) is 1. The van der Waals surface area contributed by atoms with Gasteiger partial charge in [0, 0.05) is 0 Å². The van der Waals surface area contributed by atoms with Crippen LogP contribution in [0.5, 0.6) is 0 Å². The largest absolute Gasteiger partial charge is 0.481 e. The Kier molecular flexibility index (Phi) is 6.31. The molecule has 22 heavy (non-hydrogen) atoms. The molecule has 0 bridgehead atoms. The Labute approximate surface area is 135 Å². The van der Waals surface area contributed by atoms with Crippen LogP contribution >= 0.6 is 0 Å². The Balaban J connectivity index is 2.17. The first-order chi connectivity index (χ1) is 10.5. The van der Waals surface area contributed by atoms with E-state index in [1.54, 1.807) is 0 Å². The zero-order valence-corrected chi connectivity index (χ0v) is 14.5. The van der Waals surface area contributed by atoms with Crippen LogP contribution < -0.4 is 0 Å². The Morgan fingerprint density at radius 1 is 1.18 bits per heavy atom.